The zero-order valence-corrected chi connectivity index (χ0v) is 18.0. The molecule has 2 atom stereocenters. The third-order valence-electron chi connectivity index (χ3n) is 6.25. The fraction of sp³-hybridized carbons (Fsp3) is 0.391. The Morgan fingerprint density at radius 2 is 1.60 bits per heavy atom. The lowest BCUT2D eigenvalue weighted by molar-refractivity contribution is -0.122. The summed E-state index contributed by atoms with van der Waals surface area (Å²) in [7, 11) is -3.89. The van der Waals surface area contributed by atoms with Crippen molar-refractivity contribution in [2.24, 2.45) is 11.8 Å². The number of aryl methyl sites for hydroxylation is 1. The van der Waals surface area contributed by atoms with Crippen LogP contribution in [-0.2, 0) is 26.0 Å². The molecule has 0 bridgehead atoms. The second-order valence-corrected chi connectivity index (χ2v) is 9.71. The van der Waals surface area contributed by atoms with Gasteiger partial charge in [-0.3, -0.25) is 19.2 Å². The molecule has 2 fully saturated rings. The summed E-state index contributed by atoms with van der Waals surface area (Å²) >= 11 is 0. The third-order valence-corrected chi connectivity index (χ3v) is 7.76. The van der Waals surface area contributed by atoms with Crippen molar-refractivity contribution in [3.05, 3.63) is 53.6 Å². The number of hydrogen-bond donors (Lipinski definition) is 1. The average molecular weight is 427 g/mol. The Balaban J connectivity index is 1.78. The molecule has 1 heterocycles. The number of nitrogens with one attached hydrogen (secondary N) is 1. The first-order chi connectivity index (χ1) is 14.3. The lowest BCUT2D eigenvalue weighted by Crippen LogP contribution is -2.31. The van der Waals surface area contributed by atoms with Crippen molar-refractivity contribution in [1.82, 2.24) is 0 Å². The lowest BCUT2D eigenvalue weighted by Gasteiger charge is -2.20. The fourth-order valence-corrected chi connectivity index (χ4v) is 6.00. The summed E-state index contributed by atoms with van der Waals surface area (Å²) in [5.41, 5.74) is 2.24. The predicted octanol–water partition coefficient (Wildman–Crippen LogP) is 4.04. The molecule has 1 N–H and O–H groups in total. The Hall–Kier alpha value is -2.67. The van der Waals surface area contributed by atoms with E-state index in [0.29, 0.717) is 23.4 Å². The third kappa shape index (κ3) is 3.51. The monoisotopic (exact) mass is 426 g/mol. The second kappa shape index (κ2) is 7.87. The van der Waals surface area contributed by atoms with Gasteiger partial charge in [0.25, 0.3) is 10.0 Å². The normalized spacial score (nSPS) is 21.6. The van der Waals surface area contributed by atoms with Crippen molar-refractivity contribution in [3.63, 3.8) is 0 Å². The van der Waals surface area contributed by atoms with Gasteiger partial charge in [-0.2, -0.15) is 0 Å². The highest BCUT2D eigenvalue weighted by Gasteiger charge is 2.49. The van der Waals surface area contributed by atoms with E-state index in [1.807, 2.05) is 13.0 Å². The van der Waals surface area contributed by atoms with Crippen molar-refractivity contribution in [3.8, 4) is 0 Å². The van der Waals surface area contributed by atoms with Crippen LogP contribution in [0.2, 0.25) is 0 Å². The molecule has 7 heteroatoms. The first-order valence-corrected chi connectivity index (χ1v) is 11.9. The summed E-state index contributed by atoms with van der Waals surface area (Å²) in [6.45, 7) is 3.69. The van der Waals surface area contributed by atoms with Crippen molar-refractivity contribution < 1.29 is 18.0 Å². The molecule has 0 spiro atoms. The largest absolute Gasteiger partial charge is 0.280 e. The van der Waals surface area contributed by atoms with Crippen LogP contribution in [0.25, 0.3) is 0 Å². The highest BCUT2D eigenvalue weighted by molar-refractivity contribution is 7.92. The fourth-order valence-electron chi connectivity index (χ4n) is 4.64. The number of fused-ring (bicyclic) bond motifs is 1. The van der Waals surface area contributed by atoms with Crippen LogP contribution in [0.3, 0.4) is 0 Å². The summed E-state index contributed by atoms with van der Waals surface area (Å²) in [4.78, 5) is 27.4. The van der Waals surface area contributed by atoms with Crippen LogP contribution in [0.1, 0.15) is 43.7 Å². The first-order valence-electron chi connectivity index (χ1n) is 10.4. The molecule has 0 radical (unpaired) electrons. The number of hydrogen-bond acceptors (Lipinski definition) is 4. The SMILES string of the molecule is CCc1cc(N2C(=O)C3CCCCC3C2=O)cc(S(=O)(=O)Nc2ccccc2)c1C. The van der Waals surface area contributed by atoms with Gasteiger partial charge in [-0.15, -0.1) is 0 Å². The van der Waals surface area contributed by atoms with E-state index in [9.17, 15) is 18.0 Å². The van der Waals surface area contributed by atoms with Gasteiger partial charge in [0, 0.05) is 5.69 Å². The highest BCUT2D eigenvalue weighted by atomic mass is 32.2. The lowest BCUT2D eigenvalue weighted by atomic mass is 9.81. The van der Waals surface area contributed by atoms with Gasteiger partial charge in [-0.1, -0.05) is 38.0 Å². The first kappa shape index (κ1) is 20.6. The molecular weight excluding hydrogens is 400 g/mol. The Bertz CT molecular complexity index is 1070. The molecule has 4 rings (SSSR count). The predicted molar refractivity (Wildman–Crippen MR) is 116 cm³/mol. The van der Waals surface area contributed by atoms with E-state index < -0.39 is 10.0 Å². The summed E-state index contributed by atoms with van der Waals surface area (Å²) in [6.07, 6.45) is 3.93. The number of carbonyl (C=O) groups excluding carboxylic acids is 2. The minimum Gasteiger partial charge on any atom is -0.280 e. The number of imide groups is 1. The zero-order valence-electron chi connectivity index (χ0n) is 17.2. The van der Waals surface area contributed by atoms with E-state index in [0.717, 1.165) is 31.2 Å². The molecule has 1 aliphatic heterocycles. The van der Waals surface area contributed by atoms with Crippen molar-refractivity contribution in [2.75, 3.05) is 9.62 Å². The minimum atomic E-state index is -3.89. The zero-order chi connectivity index (χ0) is 21.5. The molecule has 1 saturated carbocycles. The molecule has 2 aromatic rings. The Kier molecular flexibility index (Phi) is 5.40. The van der Waals surface area contributed by atoms with E-state index in [1.54, 1.807) is 37.3 Å². The Labute approximate surface area is 177 Å². The maximum atomic E-state index is 13.2. The number of benzene rings is 2. The molecule has 0 aromatic heterocycles. The quantitative estimate of drug-likeness (QED) is 0.732. The summed E-state index contributed by atoms with van der Waals surface area (Å²) in [5.74, 6) is -0.954. The molecule has 1 saturated heterocycles. The van der Waals surface area contributed by atoms with Crippen LogP contribution in [0.5, 0.6) is 0 Å². The van der Waals surface area contributed by atoms with Gasteiger partial charge in [0.05, 0.1) is 22.4 Å². The highest BCUT2D eigenvalue weighted by Crippen LogP contribution is 2.41. The van der Waals surface area contributed by atoms with E-state index in [2.05, 4.69) is 4.72 Å². The molecule has 30 heavy (non-hydrogen) atoms. The number of anilines is 2. The van der Waals surface area contributed by atoms with Crippen molar-refractivity contribution in [1.29, 1.82) is 0 Å². The maximum absolute atomic E-state index is 13.2. The molecule has 158 valence electrons. The topological polar surface area (TPSA) is 83.6 Å². The van der Waals surface area contributed by atoms with Gasteiger partial charge in [0.2, 0.25) is 11.8 Å². The second-order valence-electron chi connectivity index (χ2n) is 8.06. The van der Waals surface area contributed by atoms with Crippen LogP contribution < -0.4 is 9.62 Å². The average Bonchev–Trinajstić information content (AvgIpc) is 2.99. The van der Waals surface area contributed by atoms with Crippen LogP contribution >= 0.6 is 0 Å². The van der Waals surface area contributed by atoms with E-state index in [-0.39, 0.29) is 28.5 Å². The summed E-state index contributed by atoms with van der Waals surface area (Å²) in [5, 5.41) is 0. The van der Waals surface area contributed by atoms with Gasteiger partial charge in [-0.25, -0.2) is 8.42 Å². The van der Waals surface area contributed by atoms with E-state index >= 15 is 0 Å². The molecule has 2 aromatic carbocycles. The number of nitrogens with zero attached hydrogens (tertiary/aromatic N) is 1. The minimum absolute atomic E-state index is 0.0937. The van der Waals surface area contributed by atoms with Gasteiger partial charge < -0.3 is 0 Å². The van der Waals surface area contributed by atoms with Crippen LogP contribution in [0, 0.1) is 18.8 Å². The van der Waals surface area contributed by atoms with E-state index in [4.69, 9.17) is 0 Å². The maximum Gasteiger partial charge on any atom is 0.262 e. The smallest absolute Gasteiger partial charge is 0.262 e. The number of rotatable bonds is 5. The molecule has 2 amide bonds. The molecule has 2 aliphatic rings. The van der Waals surface area contributed by atoms with Crippen molar-refractivity contribution in [2.45, 2.75) is 50.8 Å². The number of carbonyl (C=O) groups is 2. The van der Waals surface area contributed by atoms with Gasteiger partial charge in [-0.05, 0) is 61.6 Å². The van der Waals surface area contributed by atoms with Gasteiger partial charge in [0.15, 0.2) is 0 Å². The van der Waals surface area contributed by atoms with E-state index in [1.165, 1.54) is 11.0 Å². The Morgan fingerprint density at radius 3 is 2.17 bits per heavy atom. The van der Waals surface area contributed by atoms with Crippen molar-refractivity contribution >= 4 is 33.2 Å². The number of amides is 2. The molecule has 6 nitrogen and oxygen atoms in total. The molecule has 1 aliphatic carbocycles. The van der Waals surface area contributed by atoms with Crippen LogP contribution in [0.4, 0.5) is 11.4 Å². The van der Waals surface area contributed by atoms with Gasteiger partial charge in [0.1, 0.15) is 0 Å². The summed E-state index contributed by atoms with van der Waals surface area (Å²) in [6, 6.07) is 11.9. The number of para-hydroxylation sites is 1. The number of sulfonamides is 1. The Morgan fingerprint density at radius 1 is 1.00 bits per heavy atom. The molecular formula is C23H26N2O4S. The standard InChI is InChI=1S/C23H26N2O4S/c1-3-16-13-18(25-22(26)19-11-7-8-12-20(19)23(25)27)14-21(15(16)2)30(28,29)24-17-9-5-4-6-10-17/h4-6,9-10,13-14,19-20,24H,3,7-8,11-12H2,1-2H3. The van der Waals surface area contributed by atoms with Crippen LogP contribution in [-0.4, -0.2) is 20.2 Å². The van der Waals surface area contributed by atoms with Crippen LogP contribution in [0.15, 0.2) is 47.4 Å². The molecule has 2 unspecified atom stereocenters. The summed E-state index contributed by atoms with van der Waals surface area (Å²) < 4.78 is 28.9. The van der Waals surface area contributed by atoms with Gasteiger partial charge >= 0.3 is 0 Å².